The predicted octanol–water partition coefficient (Wildman–Crippen LogP) is 2.81. The standard InChI is InChI=1S/C12H20BrNO/c1-8(2)11(13)12(15)14-7-9-3-5-10(14)6-4-9/h8-11H,3-7H2,1-2H3. The monoisotopic (exact) mass is 273 g/mol. The lowest BCUT2D eigenvalue weighted by Crippen LogP contribution is -2.53. The fourth-order valence-corrected chi connectivity index (χ4v) is 3.04. The van der Waals surface area contributed by atoms with Crippen molar-refractivity contribution in [1.29, 1.82) is 0 Å². The highest BCUT2D eigenvalue weighted by atomic mass is 79.9. The molecule has 2 bridgehead atoms. The summed E-state index contributed by atoms with van der Waals surface area (Å²) in [5, 5.41) is 0. The van der Waals surface area contributed by atoms with E-state index >= 15 is 0 Å². The molecule has 3 fully saturated rings. The van der Waals surface area contributed by atoms with Crippen molar-refractivity contribution < 1.29 is 4.79 Å². The van der Waals surface area contributed by atoms with Gasteiger partial charge in [-0.05, 0) is 37.5 Å². The number of hydrogen-bond donors (Lipinski definition) is 0. The highest BCUT2D eigenvalue weighted by Crippen LogP contribution is 2.36. The first-order chi connectivity index (χ1) is 7.09. The summed E-state index contributed by atoms with van der Waals surface area (Å²) in [5.41, 5.74) is 0. The summed E-state index contributed by atoms with van der Waals surface area (Å²) in [4.78, 5) is 14.4. The van der Waals surface area contributed by atoms with Gasteiger partial charge in [-0.25, -0.2) is 0 Å². The van der Waals surface area contributed by atoms with Gasteiger partial charge < -0.3 is 4.90 Å². The van der Waals surface area contributed by atoms with Crippen LogP contribution >= 0.6 is 15.9 Å². The molecular formula is C12H20BrNO. The Morgan fingerprint density at radius 3 is 2.27 bits per heavy atom. The lowest BCUT2D eigenvalue weighted by Gasteiger charge is -2.46. The third-order valence-electron chi connectivity index (χ3n) is 3.82. The molecule has 1 aliphatic carbocycles. The fourth-order valence-electron chi connectivity index (χ4n) is 2.78. The van der Waals surface area contributed by atoms with Crippen molar-refractivity contribution in [2.45, 2.75) is 50.4 Å². The minimum Gasteiger partial charge on any atom is -0.338 e. The number of carbonyl (C=O) groups is 1. The second kappa shape index (κ2) is 4.44. The van der Waals surface area contributed by atoms with Gasteiger partial charge in [0.15, 0.2) is 0 Å². The maximum absolute atomic E-state index is 12.2. The zero-order valence-electron chi connectivity index (χ0n) is 9.58. The van der Waals surface area contributed by atoms with E-state index in [-0.39, 0.29) is 4.83 Å². The molecule has 2 heterocycles. The summed E-state index contributed by atoms with van der Waals surface area (Å²) in [7, 11) is 0. The highest BCUT2D eigenvalue weighted by molar-refractivity contribution is 9.10. The van der Waals surface area contributed by atoms with Crippen molar-refractivity contribution in [2.24, 2.45) is 11.8 Å². The Hall–Kier alpha value is -0.0500. The summed E-state index contributed by atoms with van der Waals surface area (Å²) < 4.78 is 0. The van der Waals surface area contributed by atoms with E-state index in [0.717, 1.165) is 12.5 Å². The summed E-state index contributed by atoms with van der Waals surface area (Å²) in [6, 6.07) is 0.543. The molecule has 2 aliphatic heterocycles. The number of carbonyl (C=O) groups excluding carboxylic acids is 1. The van der Waals surface area contributed by atoms with E-state index in [2.05, 4.69) is 34.7 Å². The van der Waals surface area contributed by atoms with Crippen LogP contribution < -0.4 is 0 Å². The van der Waals surface area contributed by atoms with Crippen molar-refractivity contribution in [3.63, 3.8) is 0 Å². The number of amides is 1. The van der Waals surface area contributed by atoms with Crippen LogP contribution in [0.5, 0.6) is 0 Å². The largest absolute Gasteiger partial charge is 0.338 e. The minimum atomic E-state index is 0.0110. The molecule has 1 unspecified atom stereocenters. The molecule has 0 aromatic carbocycles. The van der Waals surface area contributed by atoms with Crippen molar-refractivity contribution in [3.05, 3.63) is 0 Å². The van der Waals surface area contributed by atoms with Crippen molar-refractivity contribution in [2.75, 3.05) is 6.54 Å². The maximum Gasteiger partial charge on any atom is 0.236 e. The average molecular weight is 274 g/mol. The molecule has 15 heavy (non-hydrogen) atoms. The van der Waals surface area contributed by atoms with Gasteiger partial charge in [0.25, 0.3) is 0 Å². The number of piperidine rings is 2. The molecule has 3 rings (SSSR count). The number of fused-ring (bicyclic) bond motifs is 3. The first-order valence-electron chi connectivity index (χ1n) is 6.04. The zero-order valence-corrected chi connectivity index (χ0v) is 11.2. The van der Waals surface area contributed by atoms with Crippen LogP contribution in [0.4, 0.5) is 0 Å². The minimum absolute atomic E-state index is 0.0110. The first kappa shape index (κ1) is 11.4. The molecule has 86 valence electrons. The highest BCUT2D eigenvalue weighted by Gasteiger charge is 2.38. The molecule has 1 saturated carbocycles. The van der Waals surface area contributed by atoms with Crippen molar-refractivity contribution in [1.82, 2.24) is 4.90 Å². The van der Waals surface area contributed by atoms with E-state index in [1.807, 2.05) is 0 Å². The molecular weight excluding hydrogens is 254 g/mol. The number of alkyl halides is 1. The number of hydrogen-bond acceptors (Lipinski definition) is 1. The molecule has 2 nitrogen and oxygen atoms in total. The second-order valence-electron chi connectivity index (χ2n) is 5.31. The van der Waals surface area contributed by atoms with E-state index in [0.29, 0.717) is 17.9 Å². The Morgan fingerprint density at radius 1 is 1.27 bits per heavy atom. The number of halogens is 1. The van der Waals surface area contributed by atoms with Crippen LogP contribution in [-0.4, -0.2) is 28.2 Å². The Balaban J connectivity index is 2.02. The average Bonchev–Trinajstić information content (AvgIpc) is 2.28. The fraction of sp³-hybridized carbons (Fsp3) is 0.917. The van der Waals surface area contributed by atoms with Crippen LogP contribution in [-0.2, 0) is 4.79 Å². The second-order valence-corrected chi connectivity index (χ2v) is 6.30. The van der Waals surface area contributed by atoms with Gasteiger partial charge in [0, 0.05) is 12.6 Å². The van der Waals surface area contributed by atoms with E-state index in [9.17, 15) is 4.79 Å². The lowest BCUT2D eigenvalue weighted by atomic mass is 9.79. The number of nitrogens with zero attached hydrogens (tertiary/aromatic N) is 1. The SMILES string of the molecule is CC(C)C(Br)C(=O)N1CC2CCC1CC2. The third-order valence-corrected chi connectivity index (χ3v) is 5.27. The van der Waals surface area contributed by atoms with Crippen LogP contribution in [0.15, 0.2) is 0 Å². The third kappa shape index (κ3) is 2.22. The van der Waals surface area contributed by atoms with Gasteiger partial charge in [0.05, 0.1) is 4.83 Å². The molecule has 1 atom stereocenters. The molecule has 0 radical (unpaired) electrons. The quantitative estimate of drug-likeness (QED) is 0.709. The van der Waals surface area contributed by atoms with Crippen LogP contribution in [0.25, 0.3) is 0 Å². The summed E-state index contributed by atoms with van der Waals surface area (Å²) in [5.74, 6) is 1.49. The van der Waals surface area contributed by atoms with Crippen LogP contribution in [0.1, 0.15) is 39.5 Å². The molecule has 0 aromatic rings. The van der Waals surface area contributed by atoms with E-state index in [4.69, 9.17) is 0 Å². The number of rotatable bonds is 2. The maximum atomic E-state index is 12.2. The zero-order chi connectivity index (χ0) is 11.0. The van der Waals surface area contributed by atoms with Crippen LogP contribution in [0, 0.1) is 11.8 Å². The summed E-state index contributed by atoms with van der Waals surface area (Å²) in [6.45, 7) is 5.21. The first-order valence-corrected chi connectivity index (χ1v) is 6.95. The van der Waals surface area contributed by atoms with Gasteiger partial charge in [-0.2, -0.15) is 0 Å². The van der Waals surface area contributed by atoms with Gasteiger partial charge >= 0.3 is 0 Å². The molecule has 3 heteroatoms. The Kier molecular flexibility index (Phi) is 3.39. The Morgan fingerprint density at radius 2 is 1.87 bits per heavy atom. The van der Waals surface area contributed by atoms with Gasteiger partial charge in [-0.15, -0.1) is 0 Å². The van der Waals surface area contributed by atoms with Crippen molar-refractivity contribution >= 4 is 21.8 Å². The Labute approximate surface area is 101 Å². The topological polar surface area (TPSA) is 20.3 Å². The van der Waals surface area contributed by atoms with Crippen molar-refractivity contribution in [3.8, 4) is 0 Å². The van der Waals surface area contributed by atoms with E-state index < -0.39 is 0 Å². The smallest absolute Gasteiger partial charge is 0.236 e. The molecule has 1 amide bonds. The van der Waals surface area contributed by atoms with Gasteiger partial charge in [-0.1, -0.05) is 29.8 Å². The predicted molar refractivity (Wildman–Crippen MR) is 65.0 cm³/mol. The van der Waals surface area contributed by atoms with E-state index in [1.54, 1.807) is 0 Å². The molecule has 0 spiro atoms. The van der Waals surface area contributed by atoms with Gasteiger partial charge in [-0.3, -0.25) is 4.79 Å². The van der Waals surface area contributed by atoms with Gasteiger partial charge in [0.1, 0.15) is 0 Å². The molecule has 3 aliphatic rings. The molecule has 0 aromatic heterocycles. The Bertz CT molecular complexity index is 246. The van der Waals surface area contributed by atoms with Gasteiger partial charge in [0.2, 0.25) is 5.91 Å². The van der Waals surface area contributed by atoms with E-state index in [1.165, 1.54) is 25.7 Å². The summed E-state index contributed by atoms with van der Waals surface area (Å²) in [6.07, 6.45) is 5.13. The lowest BCUT2D eigenvalue weighted by molar-refractivity contribution is -0.138. The van der Waals surface area contributed by atoms with Crippen LogP contribution in [0.3, 0.4) is 0 Å². The van der Waals surface area contributed by atoms with Crippen LogP contribution in [0.2, 0.25) is 0 Å². The molecule has 2 saturated heterocycles. The normalized spacial score (nSPS) is 32.1. The summed E-state index contributed by atoms with van der Waals surface area (Å²) >= 11 is 3.52. The molecule has 0 N–H and O–H groups in total.